The van der Waals surface area contributed by atoms with Crippen LogP contribution < -0.4 is 9.47 Å². The van der Waals surface area contributed by atoms with E-state index in [1.165, 1.54) is 4.31 Å². The number of ether oxygens (including phenoxy) is 2. The zero-order valence-electron chi connectivity index (χ0n) is 16.6. The highest BCUT2D eigenvalue weighted by Crippen LogP contribution is 2.32. The lowest BCUT2D eigenvalue weighted by molar-refractivity contribution is 0.242. The minimum absolute atomic E-state index is 0.0488. The fourth-order valence-corrected chi connectivity index (χ4v) is 4.62. The Labute approximate surface area is 167 Å². The molecule has 0 saturated heterocycles. The van der Waals surface area contributed by atoms with Gasteiger partial charge in [0.05, 0.1) is 17.6 Å². The van der Waals surface area contributed by atoms with Crippen molar-refractivity contribution in [2.75, 3.05) is 19.7 Å². The molecule has 5 nitrogen and oxygen atoms in total. The van der Waals surface area contributed by atoms with E-state index in [1.807, 2.05) is 51.1 Å². The minimum Gasteiger partial charge on any atom is -0.493 e. The molecule has 3 rings (SSSR count). The van der Waals surface area contributed by atoms with Gasteiger partial charge in [-0.05, 0) is 63.1 Å². The second-order valence-electron chi connectivity index (χ2n) is 6.91. The van der Waals surface area contributed by atoms with Gasteiger partial charge in [-0.2, -0.15) is 4.31 Å². The van der Waals surface area contributed by atoms with Gasteiger partial charge < -0.3 is 9.47 Å². The lowest BCUT2D eigenvalue weighted by atomic mass is 9.99. The summed E-state index contributed by atoms with van der Waals surface area (Å²) in [7, 11) is -3.53. The van der Waals surface area contributed by atoms with Crippen LogP contribution in [0.3, 0.4) is 0 Å². The number of hydrogen-bond donors (Lipinski definition) is 0. The van der Waals surface area contributed by atoms with Crippen LogP contribution >= 0.6 is 0 Å². The maximum absolute atomic E-state index is 13.0. The van der Waals surface area contributed by atoms with Crippen molar-refractivity contribution in [3.05, 3.63) is 60.2 Å². The molecule has 6 heteroatoms. The molecule has 0 unspecified atom stereocenters. The standard InChI is InChI=1S/C22H27NO4S/c1-4-26-22-8-6-5-7-21(22)18-13-15-23(16-14-18)28(24,25)20-11-9-19(10-12-20)27-17(2)3/h5-13,17H,4,14-16H2,1-3H3. The number of para-hydroxylation sites is 1. The first-order valence-electron chi connectivity index (χ1n) is 9.60. The summed E-state index contributed by atoms with van der Waals surface area (Å²) >= 11 is 0. The third-order valence-electron chi connectivity index (χ3n) is 4.54. The Hall–Kier alpha value is -2.31. The van der Waals surface area contributed by atoms with Gasteiger partial charge in [0.25, 0.3) is 0 Å². The number of hydrogen-bond acceptors (Lipinski definition) is 4. The molecule has 0 aliphatic carbocycles. The Morgan fingerprint density at radius 2 is 1.79 bits per heavy atom. The molecular weight excluding hydrogens is 374 g/mol. The Morgan fingerprint density at radius 3 is 2.39 bits per heavy atom. The zero-order chi connectivity index (χ0) is 20.1. The number of nitrogens with zero attached hydrogens (tertiary/aromatic N) is 1. The van der Waals surface area contributed by atoms with Gasteiger partial charge in [-0.1, -0.05) is 24.3 Å². The van der Waals surface area contributed by atoms with Crippen LogP contribution in [0, 0.1) is 0 Å². The molecule has 0 saturated carbocycles. The fraction of sp³-hybridized carbons (Fsp3) is 0.364. The average molecular weight is 402 g/mol. The highest BCUT2D eigenvalue weighted by Gasteiger charge is 2.27. The van der Waals surface area contributed by atoms with Crippen LogP contribution in [0.1, 0.15) is 32.8 Å². The van der Waals surface area contributed by atoms with Crippen molar-refractivity contribution in [1.82, 2.24) is 4.31 Å². The van der Waals surface area contributed by atoms with E-state index in [0.29, 0.717) is 31.9 Å². The Balaban J connectivity index is 1.76. The van der Waals surface area contributed by atoms with Gasteiger partial charge in [-0.15, -0.1) is 0 Å². The SMILES string of the molecule is CCOc1ccccc1C1=CCN(S(=O)(=O)c2ccc(OC(C)C)cc2)CC1. The normalized spacial score (nSPS) is 15.4. The zero-order valence-corrected chi connectivity index (χ0v) is 17.4. The predicted octanol–water partition coefficient (Wildman–Crippen LogP) is 4.35. The first-order valence-corrected chi connectivity index (χ1v) is 11.0. The molecule has 1 heterocycles. The van der Waals surface area contributed by atoms with Gasteiger partial charge in [-0.3, -0.25) is 0 Å². The molecule has 0 spiro atoms. The Morgan fingerprint density at radius 1 is 1.07 bits per heavy atom. The van der Waals surface area contributed by atoms with Crippen LogP contribution in [-0.4, -0.2) is 38.5 Å². The van der Waals surface area contributed by atoms with E-state index >= 15 is 0 Å². The van der Waals surface area contributed by atoms with E-state index in [1.54, 1.807) is 24.3 Å². The molecule has 0 amide bonds. The third-order valence-corrected chi connectivity index (χ3v) is 6.42. The van der Waals surface area contributed by atoms with Crippen LogP contribution in [-0.2, 0) is 10.0 Å². The van der Waals surface area contributed by atoms with Gasteiger partial charge in [-0.25, -0.2) is 8.42 Å². The smallest absolute Gasteiger partial charge is 0.243 e. The summed E-state index contributed by atoms with van der Waals surface area (Å²) in [5, 5.41) is 0. The lowest BCUT2D eigenvalue weighted by Crippen LogP contribution is -2.34. The summed E-state index contributed by atoms with van der Waals surface area (Å²) in [4.78, 5) is 0.287. The molecule has 1 aliphatic heterocycles. The number of rotatable bonds is 7. The van der Waals surface area contributed by atoms with Crippen molar-refractivity contribution < 1.29 is 17.9 Å². The lowest BCUT2D eigenvalue weighted by Gasteiger charge is -2.26. The molecule has 0 aromatic heterocycles. The third kappa shape index (κ3) is 4.56. The second-order valence-corrected chi connectivity index (χ2v) is 8.85. The summed E-state index contributed by atoms with van der Waals surface area (Å²) in [5.41, 5.74) is 2.16. The van der Waals surface area contributed by atoms with Gasteiger partial charge in [0.1, 0.15) is 11.5 Å². The van der Waals surface area contributed by atoms with Crippen LogP contribution in [0.15, 0.2) is 59.5 Å². The fourth-order valence-electron chi connectivity index (χ4n) is 3.24. The molecule has 28 heavy (non-hydrogen) atoms. The molecule has 0 bridgehead atoms. The summed E-state index contributed by atoms with van der Waals surface area (Å²) in [6.07, 6.45) is 2.68. The van der Waals surface area contributed by atoms with Crippen molar-refractivity contribution >= 4 is 15.6 Å². The quantitative estimate of drug-likeness (QED) is 0.692. The highest BCUT2D eigenvalue weighted by molar-refractivity contribution is 7.89. The van der Waals surface area contributed by atoms with E-state index in [-0.39, 0.29) is 11.0 Å². The maximum Gasteiger partial charge on any atom is 0.243 e. The second kappa shape index (κ2) is 8.80. The molecule has 0 N–H and O–H groups in total. The van der Waals surface area contributed by atoms with Crippen LogP contribution in [0.4, 0.5) is 0 Å². The topological polar surface area (TPSA) is 55.8 Å². The van der Waals surface area contributed by atoms with Crippen molar-refractivity contribution in [2.24, 2.45) is 0 Å². The first kappa shape index (κ1) is 20.4. The van der Waals surface area contributed by atoms with Crippen molar-refractivity contribution in [2.45, 2.75) is 38.2 Å². The molecule has 1 aliphatic rings. The predicted molar refractivity (Wildman–Crippen MR) is 111 cm³/mol. The summed E-state index contributed by atoms with van der Waals surface area (Å²) < 4.78 is 38.7. The highest BCUT2D eigenvalue weighted by atomic mass is 32.2. The van der Waals surface area contributed by atoms with Crippen LogP contribution in [0.2, 0.25) is 0 Å². The molecule has 2 aromatic carbocycles. The Bertz CT molecular complexity index is 933. The summed E-state index contributed by atoms with van der Waals surface area (Å²) in [5.74, 6) is 1.51. The van der Waals surface area contributed by atoms with E-state index in [9.17, 15) is 8.42 Å². The molecular formula is C22H27NO4S. The number of benzene rings is 2. The summed E-state index contributed by atoms with van der Waals surface area (Å²) in [6, 6.07) is 14.5. The van der Waals surface area contributed by atoms with Crippen LogP contribution in [0.5, 0.6) is 11.5 Å². The van der Waals surface area contributed by atoms with Gasteiger partial charge in [0, 0.05) is 18.7 Å². The Kier molecular flexibility index (Phi) is 6.42. The van der Waals surface area contributed by atoms with E-state index in [4.69, 9.17) is 9.47 Å². The molecule has 150 valence electrons. The van der Waals surface area contributed by atoms with Gasteiger partial charge >= 0.3 is 0 Å². The van der Waals surface area contributed by atoms with Crippen molar-refractivity contribution in [1.29, 1.82) is 0 Å². The summed E-state index contributed by atoms with van der Waals surface area (Å²) in [6.45, 7) is 7.22. The van der Waals surface area contributed by atoms with E-state index < -0.39 is 10.0 Å². The van der Waals surface area contributed by atoms with Crippen molar-refractivity contribution in [3.63, 3.8) is 0 Å². The van der Waals surface area contributed by atoms with Gasteiger partial charge in [0.2, 0.25) is 10.0 Å². The molecule has 0 radical (unpaired) electrons. The first-order chi connectivity index (χ1) is 13.4. The minimum atomic E-state index is -3.53. The van der Waals surface area contributed by atoms with E-state index in [0.717, 1.165) is 16.9 Å². The molecule has 0 atom stereocenters. The van der Waals surface area contributed by atoms with Crippen molar-refractivity contribution in [3.8, 4) is 11.5 Å². The molecule has 2 aromatic rings. The van der Waals surface area contributed by atoms with E-state index in [2.05, 4.69) is 0 Å². The average Bonchev–Trinajstić information content (AvgIpc) is 2.69. The van der Waals surface area contributed by atoms with Gasteiger partial charge in [0.15, 0.2) is 0 Å². The molecule has 0 fully saturated rings. The largest absolute Gasteiger partial charge is 0.493 e. The monoisotopic (exact) mass is 401 g/mol. The van der Waals surface area contributed by atoms with Crippen LogP contribution in [0.25, 0.3) is 5.57 Å². The number of sulfonamides is 1. The maximum atomic E-state index is 13.0.